The minimum absolute atomic E-state index is 0.110. The van der Waals surface area contributed by atoms with Gasteiger partial charge in [-0.2, -0.15) is 5.26 Å². The number of hydrogen-bond acceptors (Lipinski definition) is 4. The van der Waals surface area contributed by atoms with Gasteiger partial charge >= 0.3 is 5.97 Å². The summed E-state index contributed by atoms with van der Waals surface area (Å²) < 4.78 is 4.95. The average Bonchev–Trinajstić information content (AvgIpc) is 2.82. The molecule has 1 amide bonds. The number of nitriles is 1. The fourth-order valence-corrected chi connectivity index (χ4v) is 2.41. The Hall–Kier alpha value is -2.06. The quantitative estimate of drug-likeness (QED) is 0.799. The van der Waals surface area contributed by atoms with Crippen LogP contribution in [0.25, 0.3) is 0 Å². The molecular weight excluding hydrogens is 292 g/mol. The Morgan fingerprint density at radius 1 is 1.57 bits per heavy atom. The molecule has 0 saturated carbocycles. The van der Waals surface area contributed by atoms with Gasteiger partial charge in [0.2, 0.25) is 5.91 Å². The lowest BCUT2D eigenvalue weighted by atomic mass is 10.1. The SMILES string of the molecule is C[C@@H](C#N)OC(=O)[C@H]1CC(=O)N(Cc2ccccc2Cl)C1. The highest BCUT2D eigenvalue weighted by Crippen LogP contribution is 2.24. The number of esters is 1. The van der Waals surface area contributed by atoms with Gasteiger partial charge in [-0.25, -0.2) is 0 Å². The summed E-state index contributed by atoms with van der Waals surface area (Å²) in [5.41, 5.74) is 0.840. The van der Waals surface area contributed by atoms with E-state index >= 15 is 0 Å². The maximum atomic E-state index is 12.0. The average molecular weight is 307 g/mol. The van der Waals surface area contributed by atoms with E-state index in [1.165, 1.54) is 6.92 Å². The van der Waals surface area contributed by atoms with E-state index < -0.39 is 18.0 Å². The van der Waals surface area contributed by atoms with Gasteiger partial charge in [-0.1, -0.05) is 29.8 Å². The molecule has 0 aromatic heterocycles. The Balaban J connectivity index is 1.99. The molecule has 1 heterocycles. The van der Waals surface area contributed by atoms with Gasteiger partial charge in [0, 0.05) is 24.5 Å². The molecule has 1 aromatic carbocycles. The first kappa shape index (κ1) is 15.3. The second-order valence-corrected chi connectivity index (χ2v) is 5.38. The van der Waals surface area contributed by atoms with Crippen molar-refractivity contribution in [2.45, 2.75) is 26.0 Å². The predicted molar refractivity (Wildman–Crippen MR) is 76.1 cm³/mol. The molecular formula is C15H15ClN2O3. The second kappa shape index (κ2) is 6.59. The number of halogens is 1. The smallest absolute Gasteiger partial charge is 0.312 e. The summed E-state index contributed by atoms with van der Waals surface area (Å²) in [4.78, 5) is 25.4. The van der Waals surface area contributed by atoms with Crippen LogP contribution in [0.1, 0.15) is 18.9 Å². The molecule has 0 spiro atoms. The molecule has 1 aliphatic rings. The Bertz CT molecular complexity index is 597. The van der Waals surface area contributed by atoms with Crippen LogP contribution in [0, 0.1) is 17.2 Å². The molecule has 21 heavy (non-hydrogen) atoms. The van der Waals surface area contributed by atoms with Crippen LogP contribution in [0.5, 0.6) is 0 Å². The van der Waals surface area contributed by atoms with Crippen molar-refractivity contribution in [1.29, 1.82) is 5.26 Å². The topological polar surface area (TPSA) is 70.4 Å². The van der Waals surface area contributed by atoms with Crippen LogP contribution in [-0.2, 0) is 20.9 Å². The van der Waals surface area contributed by atoms with E-state index in [-0.39, 0.29) is 12.3 Å². The summed E-state index contributed by atoms with van der Waals surface area (Å²) in [6, 6.07) is 9.11. The maximum absolute atomic E-state index is 12.0. The molecule has 6 heteroatoms. The van der Waals surface area contributed by atoms with Crippen LogP contribution in [0.15, 0.2) is 24.3 Å². The zero-order valence-electron chi connectivity index (χ0n) is 11.6. The monoisotopic (exact) mass is 306 g/mol. The number of nitrogens with zero attached hydrogens (tertiary/aromatic N) is 2. The predicted octanol–water partition coefficient (Wildman–Crippen LogP) is 2.14. The van der Waals surface area contributed by atoms with Crippen molar-refractivity contribution in [3.8, 4) is 6.07 Å². The molecule has 1 aromatic rings. The number of carbonyl (C=O) groups is 2. The second-order valence-electron chi connectivity index (χ2n) is 4.97. The Morgan fingerprint density at radius 2 is 2.29 bits per heavy atom. The van der Waals surface area contributed by atoms with Crippen molar-refractivity contribution in [3.63, 3.8) is 0 Å². The summed E-state index contributed by atoms with van der Waals surface area (Å²) in [6.45, 7) is 2.16. The van der Waals surface area contributed by atoms with E-state index in [0.717, 1.165) is 5.56 Å². The third kappa shape index (κ3) is 3.73. The number of hydrogen-bond donors (Lipinski definition) is 0. The van der Waals surface area contributed by atoms with Gasteiger partial charge in [0.25, 0.3) is 0 Å². The molecule has 1 aliphatic heterocycles. The molecule has 0 radical (unpaired) electrons. The van der Waals surface area contributed by atoms with Crippen molar-refractivity contribution >= 4 is 23.5 Å². The minimum Gasteiger partial charge on any atom is -0.447 e. The van der Waals surface area contributed by atoms with Crippen molar-refractivity contribution in [2.24, 2.45) is 5.92 Å². The Morgan fingerprint density at radius 3 is 2.95 bits per heavy atom. The minimum atomic E-state index is -0.801. The number of benzene rings is 1. The van der Waals surface area contributed by atoms with Crippen LogP contribution in [0.2, 0.25) is 5.02 Å². The first-order valence-electron chi connectivity index (χ1n) is 6.62. The molecule has 1 saturated heterocycles. The molecule has 5 nitrogen and oxygen atoms in total. The molecule has 1 fully saturated rings. The van der Waals surface area contributed by atoms with Gasteiger partial charge in [0.05, 0.1) is 5.92 Å². The summed E-state index contributed by atoms with van der Waals surface area (Å²) in [7, 11) is 0. The van der Waals surface area contributed by atoms with Gasteiger partial charge in [-0.15, -0.1) is 0 Å². The van der Waals surface area contributed by atoms with E-state index in [2.05, 4.69) is 0 Å². The molecule has 110 valence electrons. The summed E-state index contributed by atoms with van der Waals surface area (Å²) in [5.74, 6) is -1.13. The van der Waals surface area contributed by atoms with Crippen LogP contribution in [-0.4, -0.2) is 29.4 Å². The summed E-state index contributed by atoms with van der Waals surface area (Å²) in [6.07, 6.45) is -0.688. The van der Waals surface area contributed by atoms with Gasteiger partial charge in [0.1, 0.15) is 6.07 Å². The van der Waals surface area contributed by atoms with Crippen molar-refractivity contribution in [3.05, 3.63) is 34.9 Å². The Kier molecular flexibility index (Phi) is 4.81. The van der Waals surface area contributed by atoms with Crippen molar-refractivity contribution in [1.82, 2.24) is 4.90 Å². The molecule has 0 aliphatic carbocycles. The normalized spacial score (nSPS) is 19.2. The van der Waals surface area contributed by atoms with Crippen LogP contribution in [0.3, 0.4) is 0 Å². The van der Waals surface area contributed by atoms with Crippen LogP contribution >= 0.6 is 11.6 Å². The van der Waals surface area contributed by atoms with Gasteiger partial charge < -0.3 is 9.64 Å². The highest BCUT2D eigenvalue weighted by molar-refractivity contribution is 6.31. The highest BCUT2D eigenvalue weighted by atomic mass is 35.5. The number of amides is 1. The molecule has 0 unspecified atom stereocenters. The Labute approximate surface area is 128 Å². The van der Waals surface area contributed by atoms with Crippen LogP contribution in [0.4, 0.5) is 0 Å². The van der Waals surface area contributed by atoms with Gasteiger partial charge in [-0.3, -0.25) is 9.59 Å². The van der Waals surface area contributed by atoms with E-state index in [0.29, 0.717) is 18.1 Å². The lowest BCUT2D eigenvalue weighted by molar-refractivity contribution is -0.150. The lowest BCUT2D eigenvalue weighted by Gasteiger charge is -2.17. The first-order chi connectivity index (χ1) is 10.0. The van der Waals surface area contributed by atoms with E-state index in [4.69, 9.17) is 21.6 Å². The number of carbonyl (C=O) groups excluding carboxylic acids is 2. The fraction of sp³-hybridized carbons (Fsp3) is 0.400. The van der Waals surface area contributed by atoms with E-state index in [9.17, 15) is 9.59 Å². The van der Waals surface area contributed by atoms with Gasteiger partial charge in [-0.05, 0) is 18.6 Å². The summed E-state index contributed by atoms with van der Waals surface area (Å²) in [5, 5.41) is 9.23. The van der Waals surface area contributed by atoms with Crippen molar-refractivity contribution in [2.75, 3.05) is 6.54 Å². The largest absolute Gasteiger partial charge is 0.447 e. The number of ether oxygens (including phenoxy) is 1. The van der Waals surface area contributed by atoms with Crippen molar-refractivity contribution < 1.29 is 14.3 Å². The zero-order valence-corrected chi connectivity index (χ0v) is 12.3. The molecule has 2 rings (SSSR count). The third-order valence-electron chi connectivity index (χ3n) is 3.34. The number of likely N-dealkylation sites (tertiary alicyclic amines) is 1. The van der Waals surface area contributed by atoms with E-state index in [1.54, 1.807) is 11.0 Å². The number of rotatable bonds is 4. The van der Waals surface area contributed by atoms with Crippen LogP contribution < -0.4 is 0 Å². The standard InChI is InChI=1S/C15H15ClN2O3/c1-10(7-17)21-15(20)12-6-14(19)18(9-12)8-11-4-2-3-5-13(11)16/h2-5,10,12H,6,8-9H2,1H3/t10-,12-/m0/s1. The lowest BCUT2D eigenvalue weighted by Crippen LogP contribution is -2.27. The highest BCUT2D eigenvalue weighted by Gasteiger charge is 2.36. The summed E-state index contributed by atoms with van der Waals surface area (Å²) >= 11 is 6.07. The van der Waals surface area contributed by atoms with Gasteiger partial charge in [0.15, 0.2) is 6.10 Å². The van der Waals surface area contributed by atoms with E-state index in [1.807, 2.05) is 24.3 Å². The fourth-order valence-electron chi connectivity index (χ4n) is 2.21. The first-order valence-corrected chi connectivity index (χ1v) is 7.00. The third-order valence-corrected chi connectivity index (χ3v) is 3.71. The molecule has 0 bridgehead atoms. The zero-order chi connectivity index (χ0) is 15.4. The molecule has 2 atom stereocenters. The molecule has 0 N–H and O–H groups in total. The maximum Gasteiger partial charge on any atom is 0.312 e.